The summed E-state index contributed by atoms with van der Waals surface area (Å²) < 4.78 is 24.1. The molecule has 0 saturated carbocycles. The van der Waals surface area contributed by atoms with Gasteiger partial charge in [-0.05, 0) is 29.7 Å². The van der Waals surface area contributed by atoms with E-state index in [4.69, 9.17) is 15.7 Å². The summed E-state index contributed by atoms with van der Waals surface area (Å²) in [5, 5.41) is 0.223. The van der Waals surface area contributed by atoms with Crippen molar-refractivity contribution in [2.75, 3.05) is 0 Å². The fourth-order valence-corrected chi connectivity index (χ4v) is 2.05. The number of hydrogen-bond donors (Lipinski definition) is 0. The molecule has 0 amide bonds. The number of imidazole rings is 1. The Bertz CT molecular complexity index is 564. The Morgan fingerprint density at radius 3 is 3.15 bits per heavy atom. The highest BCUT2D eigenvalue weighted by molar-refractivity contribution is 9.10. The van der Waals surface area contributed by atoms with Gasteiger partial charge in [-0.3, -0.25) is 4.40 Å². The third-order valence-corrected chi connectivity index (χ3v) is 2.58. The first kappa shape index (κ1) is 5.98. The quantitative estimate of drug-likeness (QED) is 0.731. The summed E-state index contributed by atoms with van der Waals surface area (Å²) in [6, 6.07) is 0. The second-order valence-corrected chi connectivity index (χ2v) is 3.71. The summed E-state index contributed by atoms with van der Waals surface area (Å²) in [4.78, 5) is 7.93. The predicted octanol–water partition coefficient (Wildman–Crippen LogP) is 2.76. The third-order valence-electron chi connectivity index (χ3n) is 1.75. The highest BCUT2D eigenvalue weighted by atomic mass is 79.9. The average Bonchev–Trinajstić information content (AvgIpc) is 2.51. The number of halogens is 2. The van der Waals surface area contributed by atoms with Crippen LogP contribution in [0.15, 0.2) is 10.8 Å². The number of fused-ring (bicyclic) bond motifs is 1. The molecule has 0 bridgehead atoms. The van der Waals surface area contributed by atoms with E-state index < -0.39 is 6.85 Å². The molecule has 2 rings (SSSR count). The Balaban J connectivity index is 2.94. The Morgan fingerprint density at radius 1 is 1.69 bits per heavy atom. The molecule has 0 fully saturated rings. The Morgan fingerprint density at radius 2 is 2.46 bits per heavy atom. The summed E-state index contributed by atoms with van der Waals surface area (Å²) in [5.74, 6) is -0.0174. The van der Waals surface area contributed by atoms with Gasteiger partial charge in [0.1, 0.15) is 15.9 Å². The van der Waals surface area contributed by atoms with E-state index in [-0.39, 0.29) is 11.0 Å². The molecule has 0 aliphatic carbocycles. The highest BCUT2D eigenvalue weighted by Gasteiger charge is 2.11. The minimum Gasteiger partial charge on any atom is -0.296 e. The lowest BCUT2D eigenvalue weighted by Gasteiger charge is -2.01. The van der Waals surface area contributed by atoms with Crippen LogP contribution in [-0.2, 0) is 0 Å². The first-order valence-corrected chi connectivity index (χ1v) is 4.69. The van der Waals surface area contributed by atoms with Gasteiger partial charge < -0.3 is 0 Å². The maximum atomic E-state index is 7.40. The Labute approximate surface area is 93.1 Å². The minimum absolute atomic E-state index is 0.0174. The first-order valence-electron chi connectivity index (χ1n) is 5.02. The van der Waals surface area contributed by atoms with Gasteiger partial charge in [-0.15, -0.1) is 0 Å². The van der Waals surface area contributed by atoms with E-state index in [9.17, 15) is 0 Å². The maximum absolute atomic E-state index is 7.40. The molecular weight excluding hydrogens is 253 g/mol. The van der Waals surface area contributed by atoms with Crippen molar-refractivity contribution in [3.8, 4) is 0 Å². The van der Waals surface area contributed by atoms with E-state index in [1.165, 1.54) is 10.6 Å². The predicted molar refractivity (Wildman–Crippen MR) is 55.2 cm³/mol. The number of aryl methyl sites for hydroxylation is 2. The zero-order chi connectivity index (χ0) is 12.1. The topological polar surface area (TPSA) is 30.2 Å². The number of aromatic nitrogens is 3. The molecule has 2 aromatic heterocycles. The second kappa shape index (κ2) is 2.96. The largest absolute Gasteiger partial charge is 0.296 e. The van der Waals surface area contributed by atoms with Gasteiger partial charge in [0, 0.05) is 16.0 Å². The summed E-state index contributed by atoms with van der Waals surface area (Å²) in [6.07, 6.45) is 1.51. The smallest absolute Gasteiger partial charge is 0.155 e. The van der Waals surface area contributed by atoms with Crippen molar-refractivity contribution < 1.29 is 4.11 Å². The van der Waals surface area contributed by atoms with E-state index in [1.54, 1.807) is 6.92 Å². The van der Waals surface area contributed by atoms with Crippen LogP contribution in [-0.4, -0.2) is 14.4 Å². The lowest BCUT2D eigenvalue weighted by atomic mass is 10.4. The molecule has 0 aromatic carbocycles. The van der Waals surface area contributed by atoms with Crippen LogP contribution in [0, 0.1) is 13.8 Å². The van der Waals surface area contributed by atoms with Crippen molar-refractivity contribution in [3.05, 3.63) is 27.5 Å². The molecule has 0 aliphatic heterocycles. The monoisotopic (exact) mass is 262 g/mol. The molecule has 0 spiro atoms. The summed E-state index contributed by atoms with van der Waals surface area (Å²) in [5.41, 5.74) is 1.15. The Kier molecular flexibility index (Phi) is 1.36. The van der Waals surface area contributed by atoms with E-state index >= 15 is 0 Å². The number of rotatable bonds is 0. The van der Waals surface area contributed by atoms with Crippen LogP contribution in [0.4, 0.5) is 0 Å². The van der Waals surface area contributed by atoms with Crippen LogP contribution in [0.3, 0.4) is 0 Å². The van der Waals surface area contributed by atoms with Gasteiger partial charge in [-0.1, -0.05) is 11.6 Å². The van der Waals surface area contributed by atoms with Gasteiger partial charge in [0.15, 0.2) is 5.15 Å². The molecule has 2 aromatic rings. The molecule has 0 saturated heterocycles. The van der Waals surface area contributed by atoms with E-state index in [1.807, 2.05) is 0 Å². The maximum Gasteiger partial charge on any atom is 0.155 e. The number of nitrogens with zero attached hydrogens (tertiary/aromatic N) is 3. The van der Waals surface area contributed by atoms with Gasteiger partial charge in [-0.2, -0.15) is 0 Å². The lowest BCUT2D eigenvalue weighted by Crippen LogP contribution is -1.95. The standard InChI is InChI=1S/C8H7BrClN3/c1-4-3-11-8(10)6-7(9)12-5(2)13(4)6/h3H,1-2H3/i2D3. The molecule has 13 heavy (non-hydrogen) atoms. The molecule has 0 unspecified atom stereocenters. The Hall–Kier alpha value is -0.610. The van der Waals surface area contributed by atoms with Crippen LogP contribution in [0.1, 0.15) is 15.6 Å². The lowest BCUT2D eigenvalue weighted by molar-refractivity contribution is 0.975. The fourth-order valence-electron chi connectivity index (χ4n) is 1.18. The van der Waals surface area contributed by atoms with Gasteiger partial charge in [0.05, 0.1) is 0 Å². The van der Waals surface area contributed by atoms with Crippen LogP contribution in [0.25, 0.3) is 5.52 Å². The van der Waals surface area contributed by atoms with E-state index in [0.717, 1.165) is 0 Å². The molecule has 0 N–H and O–H groups in total. The van der Waals surface area contributed by atoms with Crippen molar-refractivity contribution in [2.45, 2.75) is 13.8 Å². The summed E-state index contributed by atoms with van der Waals surface area (Å²) >= 11 is 9.10. The average molecular weight is 264 g/mol. The molecule has 0 atom stereocenters. The van der Waals surface area contributed by atoms with Crippen LogP contribution in [0.5, 0.6) is 0 Å². The SMILES string of the molecule is [2H]C([2H])([2H])c1nc(Br)c2c(Cl)ncc(C)n12. The highest BCUT2D eigenvalue weighted by Crippen LogP contribution is 2.25. The molecule has 3 nitrogen and oxygen atoms in total. The molecule has 0 radical (unpaired) electrons. The summed E-state index contributed by atoms with van der Waals surface area (Å²) in [6.45, 7) is -0.538. The molecular formula is C8H7BrClN3. The summed E-state index contributed by atoms with van der Waals surface area (Å²) in [7, 11) is 0. The van der Waals surface area contributed by atoms with E-state index in [0.29, 0.717) is 15.8 Å². The molecule has 68 valence electrons. The second-order valence-electron chi connectivity index (χ2n) is 2.60. The molecule has 0 aliphatic rings. The molecule has 5 heteroatoms. The fraction of sp³-hybridized carbons (Fsp3) is 0.250. The van der Waals surface area contributed by atoms with Crippen molar-refractivity contribution >= 4 is 33.0 Å². The number of hydrogen-bond acceptors (Lipinski definition) is 2. The first-order chi connectivity index (χ1) is 7.32. The van der Waals surface area contributed by atoms with Crippen LogP contribution >= 0.6 is 27.5 Å². The van der Waals surface area contributed by atoms with Crippen LogP contribution in [0.2, 0.25) is 5.15 Å². The van der Waals surface area contributed by atoms with Gasteiger partial charge >= 0.3 is 0 Å². The molecule has 2 heterocycles. The van der Waals surface area contributed by atoms with Crippen molar-refractivity contribution in [3.63, 3.8) is 0 Å². The normalized spacial score (nSPS) is 15.5. The van der Waals surface area contributed by atoms with Crippen molar-refractivity contribution in [1.29, 1.82) is 0 Å². The minimum atomic E-state index is -2.29. The third kappa shape index (κ3) is 1.25. The van der Waals surface area contributed by atoms with Gasteiger partial charge in [0.25, 0.3) is 0 Å². The zero-order valence-corrected chi connectivity index (χ0v) is 9.02. The van der Waals surface area contributed by atoms with Gasteiger partial charge in [0.2, 0.25) is 0 Å². The van der Waals surface area contributed by atoms with E-state index in [2.05, 4.69) is 25.9 Å². The van der Waals surface area contributed by atoms with Gasteiger partial charge in [-0.25, -0.2) is 9.97 Å². The van der Waals surface area contributed by atoms with Crippen LogP contribution < -0.4 is 0 Å². The van der Waals surface area contributed by atoms with Crippen molar-refractivity contribution in [1.82, 2.24) is 14.4 Å². The van der Waals surface area contributed by atoms with Crippen molar-refractivity contribution in [2.24, 2.45) is 0 Å². The zero-order valence-electron chi connectivity index (χ0n) is 9.67.